The molecule has 3 atom stereocenters. The van der Waals surface area contributed by atoms with Crippen molar-refractivity contribution in [2.75, 3.05) is 19.8 Å². The Labute approximate surface area is 142 Å². The van der Waals surface area contributed by atoms with Crippen LogP contribution in [0.5, 0.6) is 0 Å². The van der Waals surface area contributed by atoms with Gasteiger partial charge < -0.3 is 20.1 Å². The number of hydrogen-bond donors (Lipinski definition) is 3. The molecule has 0 rings (SSSR count). The van der Waals surface area contributed by atoms with Gasteiger partial charge in [0.15, 0.2) is 0 Å². The summed E-state index contributed by atoms with van der Waals surface area (Å²) in [5.74, 6) is 1.61. The maximum Gasteiger partial charge on any atom is 0.105 e. The van der Waals surface area contributed by atoms with E-state index in [1.807, 2.05) is 6.08 Å². The van der Waals surface area contributed by atoms with Crippen molar-refractivity contribution < 1.29 is 20.1 Å². The molecule has 0 aliphatic heterocycles. The Morgan fingerprint density at radius 1 is 1.00 bits per heavy atom. The van der Waals surface area contributed by atoms with Gasteiger partial charge in [0.25, 0.3) is 0 Å². The number of hydrogen-bond acceptors (Lipinski definition) is 4. The monoisotopic (exact) mass is 330 g/mol. The van der Waals surface area contributed by atoms with E-state index >= 15 is 0 Å². The number of aliphatic hydroxyl groups is 3. The van der Waals surface area contributed by atoms with Crippen LogP contribution >= 0.6 is 0 Å². The Kier molecular flexibility index (Phi) is 13.7. The average Bonchev–Trinajstić information content (AvgIpc) is 2.50. The topological polar surface area (TPSA) is 69.9 Å². The van der Waals surface area contributed by atoms with Gasteiger partial charge in [0.05, 0.1) is 19.8 Å². The van der Waals surface area contributed by atoms with Crippen molar-refractivity contribution in [3.63, 3.8) is 0 Å². The van der Waals surface area contributed by atoms with Crippen LogP contribution in [0.4, 0.5) is 0 Å². The molecule has 0 saturated heterocycles. The first-order valence-electron chi connectivity index (χ1n) is 9.07. The highest BCUT2D eigenvalue weighted by Gasteiger charge is 2.14. The van der Waals surface area contributed by atoms with Gasteiger partial charge in [0, 0.05) is 0 Å². The van der Waals surface area contributed by atoms with Gasteiger partial charge >= 0.3 is 0 Å². The lowest BCUT2D eigenvalue weighted by Gasteiger charge is -2.15. The van der Waals surface area contributed by atoms with Gasteiger partial charge in [-0.05, 0) is 31.6 Å². The Bertz CT molecular complexity index is 302. The van der Waals surface area contributed by atoms with E-state index in [-0.39, 0.29) is 6.61 Å². The SMILES string of the molecule is CC(=CCOC[C@H](O)[C@H](O)CO)CCCC(C)CCCC(C)C. The summed E-state index contributed by atoms with van der Waals surface area (Å²) in [6.45, 7) is 9.04. The van der Waals surface area contributed by atoms with Crippen molar-refractivity contribution in [3.05, 3.63) is 11.6 Å². The van der Waals surface area contributed by atoms with E-state index in [4.69, 9.17) is 9.84 Å². The first-order valence-corrected chi connectivity index (χ1v) is 9.07. The molecule has 4 nitrogen and oxygen atoms in total. The highest BCUT2D eigenvalue weighted by molar-refractivity contribution is 4.97. The van der Waals surface area contributed by atoms with Gasteiger partial charge in [0.1, 0.15) is 12.2 Å². The lowest BCUT2D eigenvalue weighted by Crippen LogP contribution is -2.33. The molecular weight excluding hydrogens is 292 g/mol. The zero-order valence-electron chi connectivity index (χ0n) is 15.5. The van der Waals surface area contributed by atoms with E-state index in [2.05, 4.69) is 27.7 Å². The minimum absolute atomic E-state index is 0.0401. The summed E-state index contributed by atoms with van der Waals surface area (Å²) < 4.78 is 5.29. The molecule has 23 heavy (non-hydrogen) atoms. The van der Waals surface area contributed by atoms with Crippen LogP contribution in [0.3, 0.4) is 0 Å². The molecule has 0 saturated carbocycles. The summed E-state index contributed by atoms with van der Waals surface area (Å²) in [6, 6.07) is 0. The lowest BCUT2D eigenvalue weighted by molar-refractivity contribution is -0.0527. The molecule has 0 spiro atoms. The van der Waals surface area contributed by atoms with Gasteiger partial charge in [0.2, 0.25) is 0 Å². The van der Waals surface area contributed by atoms with Crippen LogP contribution in [0.25, 0.3) is 0 Å². The second-order valence-electron chi connectivity index (χ2n) is 7.23. The molecule has 0 aromatic rings. The molecule has 4 heteroatoms. The second-order valence-corrected chi connectivity index (χ2v) is 7.23. The molecule has 0 aliphatic rings. The molecular formula is C19H38O4. The predicted molar refractivity (Wildman–Crippen MR) is 95.4 cm³/mol. The minimum atomic E-state index is -1.13. The fraction of sp³-hybridized carbons (Fsp3) is 0.895. The maximum atomic E-state index is 9.43. The van der Waals surface area contributed by atoms with Crippen LogP contribution < -0.4 is 0 Å². The number of allylic oxidation sites excluding steroid dienone is 1. The van der Waals surface area contributed by atoms with Gasteiger partial charge in [-0.3, -0.25) is 0 Å². The van der Waals surface area contributed by atoms with Crippen LogP contribution in [0.1, 0.15) is 66.2 Å². The lowest BCUT2D eigenvalue weighted by atomic mass is 9.94. The van der Waals surface area contributed by atoms with Crippen molar-refractivity contribution in [1.82, 2.24) is 0 Å². The summed E-state index contributed by atoms with van der Waals surface area (Å²) in [4.78, 5) is 0. The summed E-state index contributed by atoms with van der Waals surface area (Å²) in [5, 5.41) is 27.3. The van der Waals surface area contributed by atoms with Crippen molar-refractivity contribution >= 4 is 0 Å². The maximum absolute atomic E-state index is 9.43. The molecule has 0 aliphatic carbocycles. The fourth-order valence-corrected chi connectivity index (χ4v) is 2.47. The molecule has 0 heterocycles. The van der Waals surface area contributed by atoms with E-state index in [1.54, 1.807) is 0 Å². The normalized spacial score (nSPS) is 16.6. The van der Waals surface area contributed by atoms with Gasteiger partial charge in [-0.25, -0.2) is 0 Å². The molecule has 0 fully saturated rings. The van der Waals surface area contributed by atoms with Gasteiger partial charge in [-0.15, -0.1) is 0 Å². The van der Waals surface area contributed by atoms with Gasteiger partial charge in [-0.1, -0.05) is 58.1 Å². The molecule has 138 valence electrons. The molecule has 0 amide bonds. The first-order chi connectivity index (χ1) is 10.9. The zero-order chi connectivity index (χ0) is 17.7. The Hall–Kier alpha value is -0.420. The van der Waals surface area contributed by atoms with Crippen LogP contribution in [0, 0.1) is 11.8 Å². The van der Waals surface area contributed by atoms with E-state index in [0.29, 0.717) is 6.61 Å². The molecule has 0 radical (unpaired) electrons. The first kappa shape index (κ1) is 22.6. The van der Waals surface area contributed by atoms with Crippen molar-refractivity contribution in [1.29, 1.82) is 0 Å². The van der Waals surface area contributed by atoms with Crippen molar-refractivity contribution in [2.45, 2.75) is 78.4 Å². The minimum Gasteiger partial charge on any atom is -0.394 e. The third-order valence-electron chi connectivity index (χ3n) is 4.22. The van der Waals surface area contributed by atoms with Crippen LogP contribution in [0.2, 0.25) is 0 Å². The van der Waals surface area contributed by atoms with E-state index in [0.717, 1.165) is 18.3 Å². The Balaban J connectivity index is 3.66. The third-order valence-corrected chi connectivity index (χ3v) is 4.22. The van der Waals surface area contributed by atoms with E-state index in [1.165, 1.54) is 37.7 Å². The van der Waals surface area contributed by atoms with E-state index < -0.39 is 18.8 Å². The highest BCUT2D eigenvalue weighted by Crippen LogP contribution is 2.18. The Morgan fingerprint density at radius 3 is 2.26 bits per heavy atom. The number of aliphatic hydroxyl groups excluding tert-OH is 3. The molecule has 0 aromatic carbocycles. The molecule has 3 N–H and O–H groups in total. The summed E-state index contributed by atoms with van der Waals surface area (Å²) in [7, 11) is 0. The van der Waals surface area contributed by atoms with Crippen LogP contribution in [-0.4, -0.2) is 47.3 Å². The third kappa shape index (κ3) is 13.7. The van der Waals surface area contributed by atoms with Gasteiger partial charge in [-0.2, -0.15) is 0 Å². The Morgan fingerprint density at radius 2 is 1.65 bits per heavy atom. The predicted octanol–water partition coefficient (Wildman–Crippen LogP) is 3.30. The number of rotatable bonds is 14. The molecule has 1 unspecified atom stereocenters. The fourth-order valence-electron chi connectivity index (χ4n) is 2.47. The standard InChI is InChI=1S/C19H38O4/c1-15(2)7-5-8-16(3)9-6-10-17(4)11-12-23-14-19(22)18(21)13-20/h11,15-16,18-22H,5-10,12-14H2,1-4H3/t16?,18-,19+/m1/s1. The quantitative estimate of drug-likeness (QED) is 0.338. The zero-order valence-corrected chi connectivity index (χ0v) is 15.5. The van der Waals surface area contributed by atoms with Crippen LogP contribution in [0.15, 0.2) is 11.6 Å². The number of ether oxygens (including phenoxy) is 1. The van der Waals surface area contributed by atoms with E-state index in [9.17, 15) is 10.2 Å². The largest absolute Gasteiger partial charge is 0.394 e. The smallest absolute Gasteiger partial charge is 0.105 e. The summed E-state index contributed by atoms with van der Waals surface area (Å²) in [6.07, 6.45) is 7.43. The second kappa shape index (κ2) is 14.0. The molecule has 0 aromatic heterocycles. The van der Waals surface area contributed by atoms with Crippen LogP contribution in [-0.2, 0) is 4.74 Å². The average molecular weight is 331 g/mol. The summed E-state index contributed by atoms with van der Waals surface area (Å²) in [5.41, 5.74) is 1.30. The van der Waals surface area contributed by atoms with Crippen molar-refractivity contribution in [3.8, 4) is 0 Å². The highest BCUT2D eigenvalue weighted by atomic mass is 16.5. The summed E-state index contributed by atoms with van der Waals surface area (Å²) >= 11 is 0. The molecule has 0 bridgehead atoms. The van der Waals surface area contributed by atoms with Crippen molar-refractivity contribution in [2.24, 2.45) is 11.8 Å².